The molecule has 6 nitrogen and oxygen atoms in total. The Morgan fingerprint density at radius 1 is 1.24 bits per heavy atom. The molecule has 2 heterocycles. The second-order valence-corrected chi connectivity index (χ2v) is 9.37. The number of ether oxygens (including phenoxy) is 1. The zero-order valence-electron chi connectivity index (χ0n) is 20.5. The number of fused-ring (bicyclic) bond motifs is 1. The van der Waals surface area contributed by atoms with Crippen LogP contribution in [0, 0.1) is 18.7 Å². The van der Waals surface area contributed by atoms with E-state index >= 15 is 0 Å². The van der Waals surface area contributed by atoms with Crippen LogP contribution in [0.3, 0.4) is 0 Å². The van der Waals surface area contributed by atoms with Gasteiger partial charge >= 0.3 is 12.1 Å². The number of nitrogens with zero attached hydrogens (tertiary/aromatic N) is 3. The largest absolute Gasteiger partial charge is 0.489 e. The van der Waals surface area contributed by atoms with Crippen LogP contribution in [-0.4, -0.2) is 39.0 Å². The topological polar surface area (TPSA) is 75.6 Å². The van der Waals surface area contributed by atoms with Crippen molar-refractivity contribution in [3.63, 3.8) is 0 Å². The molecular weight excluding hydrogens is 490 g/mol. The van der Waals surface area contributed by atoms with Crippen molar-refractivity contribution < 1.29 is 32.2 Å². The fourth-order valence-corrected chi connectivity index (χ4v) is 4.54. The number of halogens is 4. The van der Waals surface area contributed by atoms with Crippen molar-refractivity contribution in [2.24, 2.45) is 5.92 Å². The highest BCUT2D eigenvalue weighted by molar-refractivity contribution is 5.67. The van der Waals surface area contributed by atoms with Crippen molar-refractivity contribution in [1.82, 2.24) is 14.9 Å². The molecule has 1 unspecified atom stereocenters. The van der Waals surface area contributed by atoms with Gasteiger partial charge in [-0.1, -0.05) is 19.1 Å². The van der Waals surface area contributed by atoms with Crippen LogP contribution in [0.4, 0.5) is 17.6 Å². The molecule has 1 atom stereocenters. The van der Waals surface area contributed by atoms with Crippen LogP contribution < -0.4 is 4.74 Å². The minimum absolute atomic E-state index is 0.0200. The maximum absolute atomic E-state index is 14.9. The van der Waals surface area contributed by atoms with E-state index in [1.54, 1.807) is 12.3 Å². The van der Waals surface area contributed by atoms with Gasteiger partial charge in [0.1, 0.15) is 18.2 Å². The van der Waals surface area contributed by atoms with Gasteiger partial charge < -0.3 is 9.84 Å². The minimum Gasteiger partial charge on any atom is -0.489 e. The Kier molecular flexibility index (Phi) is 7.77. The lowest BCUT2D eigenvalue weighted by Crippen LogP contribution is -2.35. The summed E-state index contributed by atoms with van der Waals surface area (Å²) in [6.45, 7) is 5.13. The Bertz CT molecular complexity index is 1300. The van der Waals surface area contributed by atoms with Crippen molar-refractivity contribution in [3.05, 3.63) is 76.4 Å². The first-order valence-corrected chi connectivity index (χ1v) is 11.9. The molecule has 1 N–H and O–H groups in total. The van der Waals surface area contributed by atoms with Gasteiger partial charge in [0.05, 0.1) is 16.8 Å². The zero-order valence-corrected chi connectivity index (χ0v) is 20.5. The highest BCUT2D eigenvalue weighted by Crippen LogP contribution is 2.33. The number of alkyl halides is 3. The van der Waals surface area contributed by atoms with Crippen LogP contribution in [-0.2, 0) is 30.5 Å². The van der Waals surface area contributed by atoms with E-state index in [0.29, 0.717) is 25.1 Å². The molecule has 0 fully saturated rings. The third-order valence-electron chi connectivity index (χ3n) is 6.43. The van der Waals surface area contributed by atoms with Crippen molar-refractivity contribution in [3.8, 4) is 17.1 Å². The number of hydrogen-bond acceptors (Lipinski definition) is 5. The first kappa shape index (κ1) is 26.5. The second-order valence-electron chi connectivity index (χ2n) is 9.37. The maximum atomic E-state index is 14.9. The molecule has 0 spiro atoms. The van der Waals surface area contributed by atoms with Gasteiger partial charge in [0.25, 0.3) is 0 Å². The average molecular weight is 518 g/mol. The van der Waals surface area contributed by atoms with Crippen molar-refractivity contribution in [2.75, 3.05) is 13.1 Å². The summed E-state index contributed by atoms with van der Waals surface area (Å²) in [5.41, 5.74) is 1.66. The zero-order chi connectivity index (χ0) is 26.7. The maximum Gasteiger partial charge on any atom is 0.416 e. The van der Waals surface area contributed by atoms with Crippen molar-refractivity contribution in [2.45, 2.75) is 46.0 Å². The number of carboxylic acid groups (broad SMARTS) is 1. The van der Waals surface area contributed by atoms with Crippen molar-refractivity contribution >= 4 is 5.97 Å². The Hall–Kier alpha value is -3.53. The van der Waals surface area contributed by atoms with Gasteiger partial charge in [0.15, 0.2) is 5.82 Å². The summed E-state index contributed by atoms with van der Waals surface area (Å²) < 4.78 is 59.9. The van der Waals surface area contributed by atoms with Crippen LogP contribution >= 0.6 is 0 Å². The van der Waals surface area contributed by atoms with Gasteiger partial charge in [-0.3, -0.25) is 9.69 Å². The summed E-state index contributed by atoms with van der Waals surface area (Å²) in [5.74, 6) is -0.974. The van der Waals surface area contributed by atoms with Crippen LogP contribution in [0.5, 0.6) is 5.75 Å². The summed E-state index contributed by atoms with van der Waals surface area (Å²) in [7, 11) is 0. The Balaban J connectivity index is 1.43. The molecule has 3 aromatic rings. The summed E-state index contributed by atoms with van der Waals surface area (Å²) >= 11 is 0. The highest BCUT2D eigenvalue weighted by Gasteiger charge is 2.32. The SMILES string of the molecule is Cc1c(COc2ccc(-c3ncc4c(n3)CCN(CC(C)CC(=O)O)C4)c(F)c2)cccc1C(F)(F)F. The molecule has 196 valence electrons. The van der Waals surface area contributed by atoms with Crippen LogP contribution in [0.1, 0.15) is 41.3 Å². The van der Waals surface area contributed by atoms with Crippen LogP contribution in [0.15, 0.2) is 42.6 Å². The lowest BCUT2D eigenvalue weighted by Gasteiger charge is -2.29. The van der Waals surface area contributed by atoms with Gasteiger partial charge in [-0.25, -0.2) is 14.4 Å². The number of hydrogen-bond donors (Lipinski definition) is 1. The predicted octanol–water partition coefficient (Wildman–Crippen LogP) is 5.66. The summed E-state index contributed by atoms with van der Waals surface area (Å²) in [6, 6.07) is 8.09. The first-order chi connectivity index (χ1) is 17.5. The number of aromatic nitrogens is 2. The lowest BCUT2D eigenvalue weighted by molar-refractivity contribution is -0.139. The number of benzene rings is 2. The van der Waals surface area contributed by atoms with Gasteiger partial charge in [0, 0.05) is 50.3 Å². The van der Waals surface area contributed by atoms with E-state index in [9.17, 15) is 22.4 Å². The molecular formula is C27H27F4N3O3. The van der Waals surface area contributed by atoms with Gasteiger partial charge in [0.2, 0.25) is 0 Å². The van der Waals surface area contributed by atoms with E-state index in [2.05, 4.69) is 14.9 Å². The molecule has 0 saturated carbocycles. The minimum atomic E-state index is -4.46. The summed E-state index contributed by atoms with van der Waals surface area (Å²) in [5, 5.41) is 8.96. The lowest BCUT2D eigenvalue weighted by atomic mass is 10.0. The Morgan fingerprint density at radius 3 is 2.73 bits per heavy atom. The third-order valence-corrected chi connectivity index (χ3v) is 6.43. The van der Waals surface area contributed by atoms with Gasteiger partial charge in [-0.15, -0.1) is 0 Å². The quantitative estimate of drug-likeness (QED) is 0.389. The second kappa shape index (κ2) is 10.8. The van der Waals surface area contributed by atoms with Gasteiger partial charge in [-0.05, 0) is 42.2 Å². The number of aliphatic carboxylic acids is 1. The third kappa shape index (κ3) is 6.43. The Labute approximate surface area is 211 Å². The normalized spacial score (nSPS) is 14.8. The summed E-state index contributed by atoms with van der Waals surface area (Å²) in [4.78, 5) is 22.0. The number of rotatable bonds is 8. The standard InChI is InChI=1S/C27H27F4N3O3/c1-16(10-25(35)36)13-34-9-8-24-19(14-34)12-32-26(33-24)21-7-6-20(11-23(21)28)37-15-18-4-3-5-22(17(18)2)27(29,30)31/h3-7,11-12,16H,8-10,13-15H2,1-2H3,(H,35,36). The van der Waals surface area contributed by atoms with Gasteiger partial charge in [-0.2, -0.15) is 13.2 Å². The molecule has 0 bridgehead atoms. The molecule has 10 heteroatoms. The van der Waals surface area contributed by atoms with E-state index < -0.39 is 23.5 Å². The van der Waals surface area contributed by atoms with E-state index in [4.69, 9.17) is 9.84 Å². The smallest absolute Gasteiger partial charge is 0.416 e. The van der Waals surface area contributed by atoms with E-state index in [-0.39, 0.29) is 41.6 Å². The van der Waals surface area contributed by atoms with Crippen LogP contribution in [0.25, 0.3) is 11.4 Å². The molecule has 0 aliphatic carbocycles. The van der Waals surface area contributed by atoms with E-state index in [1.807, 2.05) is 6.92 Å². The summed E-state index contributed by atoms with van der Waals surface area (Å²) in [6.07, 6.45) is -2.03. The molecule has 37 heavy (non-hydrogen) atoms. The monoisotopic (exact) mass is 517 g/mol. The number of carbonyl (C=O) groups is 1. The molecule has 1 aliphatic rings. The number of carboxylic acids is 1. The molecule has 4 rings (SSSR count). The van der Waals surface area contributed by atoms with E-state index in [0.717, 1.165) is 23.9 Å². The molecule has 0 radical (unpaired) electrons. The highest BCUT2D eigenvalue weighted by atomic mass is 19.4. The molecule has 0 amide bonds. The average Bonchev–Trinajstić information content (AvgIpc) is 2.82. The van der Waals surface area contributed by atoms with Crippen molar-refractivity contribution in [1.29, 1.82) is 0 Å². The van der Waals surface area contributed by atoms with E-state index in [1.165, 1.54) is 31.2 Å². The fraction of sp³-hybridized carbons (Fsp3) is 0.370. The first-order valence-electron chi connectivity index (χ1n) is 11.9. The molecule has 2 aromatic carbocycles. The molecule has 0 saturated heterocycles. The Morgan fingerprint density at radius 2 is 2.03 bits per heavy atom. The predicted molar refractivity (Wildman–Crippen MR) is 128 cm³/mol. The molecule has 1 aromatic heterocycles. The van der Waals surface area contributed by atoms with Crippen LogP contribution in [0.2, 0.25) is 0 Å². The molecule has 1 aliphatic heterocycles. The fourth-order valence-electron chi connectivity index (χ4n) is 4.54.